The molecule has 1 unspecified atom stereocenters. The average Bonchev–Trinajstić information content (AvgIpc) is 2.93. The molecule has 2 aromatic rings. The number of carbonyl (C=O) groups is 1. The number of hydrogen-bond donors (Lipinski definition) is 1. The third kappa shape index (κ3) is 4.70. The SMILES string of the molecule is COC(=O)C(Cc1cn(Cc2ccccc2)cn1)NC(C)C. The van der Waals surface area contributed by atoms with Crippen molar-refractivity contribution in [3.05, 3.63) is 54.1 Å². The molecule has 0 bridgehead atoms. The van der Waals surface area contributed by atoms with Crippen LogP contribution in [0.25, 0.3) is 0 Å². The second-order valence-electron chi connectivity index (χ2n) is 5.62. The number of hydrogen-bond acceptors (Lipinski definition) is 4. The molecule has 0 aliphatic rings. The van der Waals surface area contributed by atoms with E-state index in [2.05, 4.69) is 22.4 Å². The molecule has 118 valence electrons. The van der Waals surface area contributed by atoms with Crippen LogP contribution >= 0.6 is 0 Å². The molecule has 0 saturated carbocycles. The Morgan fingerprint density at radius 1 is 1.32 bits per heavy atom. The van der Waals surface area contributed by atoms with Crippen LogP contribution in [0.15, 0.2) is 42.9 Å². The largest absolute Gasteiger partial charge is 0.468 e. The van der Waals surface area contributed by atoms with Gasteiger partial charge in [-0.2, -0.15) is 0 Å². The summed E-state index contributed by atoms with van der Waals surface area (Å²) in [6.45, 7) is 4.78. The zero-order valence-electron chi connectivity index (χ0n) is 13.3. The number of rotatable bonds is 7. The number of carbonyl (C=O) groups excluding carboxylic acids is 1. The number of nitrogens with one attached hydrogen (secondary N) is 1. The van der Waals surface area contributed by atoms with Gasteiger partial charge in [0.2, 0.25) is 0 Å². The monoisotopic (exact) mass is 301 g/mol. The van der Waals surface area contributed by atoms with Crippen molar-refractivity contribution in [1.29, 1.82) is 0 Å². The van der Waals surface area contributed by atoms with Crippen molar-refractivity contribution < 1.29 is 9.53 Å². The van der Waals surface area contributed by atoms with Crippen LogP contribution in [0, 0.1) is 0 Å². The van der Waals surface area contributed by atoms with Gasteiger partial charge in [0, 0.05) is 25.2 Å². The molecule has 1 aromatic carbocycles. The minimum atomic E-state index is -0.370. The molecule has 1 N–H and O–H groups in total. The molecular weight excluding hydrogens is 278 g/mol. The molecule has 1 heterocycles. The van der Waals surface area contributed by atoms with Gasteiger partial charge in [0.25, 0.3) is 0 Å². The van der Waals surface area contributed by atoms with Crippen molar-refractivity contribution in [2.75, 3.05) is 7.11 Å². The smallest absolute Gasteiger partial charge is 0.323 e. The van der Waals surface area contributed by atoms with Gasteiger partial charge in [-0.1, -0.05) is 44.2 Å². The van der Waals surface area contributed by atoms with Crippen LogP contribution in [0.5, 0.6) is 0 Å². The quantitative estimate of drug-likeness (QED) is 0.795. The van der Waals surface area contributed by atoms with Gasteiger partial charge in [0.1, 0.15) is 6.04 Å². The van der Waals surface area contributed by atoms with E-state index in [0.717, 1.165) is 12.2 Å². The summed E-state index contributed by atoms with van der Waals surface area (Å²) in [5, 5.41) is 3.21. The second kappa shape index (κ2) is 7.75. The summed E-state index contributed by atoms with van der Waals surface area (Å²) < 4.78 is 6.87. The Kier molecular flexibility index (Phi) is 5.72. The van der Waals surface area contributed by atoms with Gasteiger partial charge < -0.3 is 14.6 Å². The van der Waals surface area contributed by atoms with E-state index < -0.39 is 0 Å². The van der Waals surface area contributed by atoms with Gasteiger partial charge in [-0.3, -0.25) is 4.79 Å². The molecule has 5 nitrogen and oxygen atoms in total. The lowest BCUT2D eigenvalue weighted by molar-refractivity contribution is -0.143. The Bertz CT molecular complexity index is 593. The fourth-order valence-electron chi connectivity index (χ4n) is 2.36. The highest BCUT2D eigenvalue weighted by atomic mass is 16.5. The number of aromatic nitrogens is 2. The van der Waals surface area contributed by atoms with Crippen LogP contribution in [0.3, 0.4) is 0 Å². The van der Waals surface area contributed by atoms with E-state index in [1.807, 2.05) is 42.8 Å². The molecule has 1 atom stereocenters. The van der Waals surface area contributed by atoms with E-state index in [4.69, 9.17) is 4.74 Å². The summed E-state index contributed by atoms with van der Waals surface area (Å²) in [4.78, 5) is 16.2. The molecule has 0 fully saturated rings. The Morgan fingerprint density at radius 3 is 2.68 bits per heavy atom. The number of benzene rings is 1. The minimum Gasteiger partial charge on any atom is -0.468 e. The predicted octanol–water partition coefficient (Wildman–Crippen LogP) is 2.01. The highest BCUT2D eigenvalue weighted by molar-refractivity contribution is 5.76. The lowest BCUT2D eigenvalue weighted by Crippen LogP contribution is -2.43. The van der Waals surface area contributed by atoms with E-state index in [0.29, 0.717) is 6.42 Å². The third-order valence-corrected chi connectivity index (χ3v) is 3.33. The molecule has 2 rings (SSSR count). The average molecular weight is 301 g/mol. The van der Waals surface area contributed by atoms with Crippen molar-refractivity contribution in [2.45, 2.75) is 38.9 Å². The van der Waals surface area contributed by atoms with Gasteiger partial charge in [0.15, 0.2) is 0 Å². The highest BCUT2D eigenvalue weighted by Gasteiger charge is 2.21. The first kappa shape index (κ1) is 16.2. The predicted molar refractivity (Wildman–Crippen MR) is 85.6 cm³/mol. The maximum Gasteiger partial charge on any atom is 0.323 e. The summed E-state index contributed by atoms with van der Waals surface area (Å²) in [6.07, 6.45) is 4.30. The molecule has 0 aliphatic heterocycles. The van der Waals surface area contributed by atoms with E-state index in [1.54, 1.807) is 6.33 Å². The molecule has 5 heteroatoms. The number of methoxy groups -OCH3 is 1. The molecule has 0 radical (unpaired) electrons. The molecule has 22 heavy (non-hydrogen) atoms. The highest BCUT2D eigenvalue weighted by Crippen LogP contribution is 2.07. The summed E-state index contributed by atoms with van der Waals surface area (Å²) in [5.74, 6) is -0.258. The fraction of sp³-hybridized carbons (Fsp3) is 0.412. The molecule has 0 amide bonds. The zero-order valence-corrected chi connectivity index (χ0v) is 13.3. The van der Waals surface area contributed by atoms with Crippen LogP contribution in [0.4, 0.5) is 0 Å². The Balaban J connectivity index is 2.02. The van der Waals surface area contributed by atoms with E-state index in [9.17, 15) is 4.79 Å². The van der Waals surface area contributed by atoms with Gasteiger partial charge in [-0.15, -0.1) is 0 Å². The van der Waals surface area contributed by atoms with Crippen molar-refractivity contribution in [1.82, 2.24) is 14.9 Å². The molecule has 0 spiro atoms. The lowest BCUT2D eigenvalue weighted by Gasteiger charge is -2.17. The fourth-order valence-corrected chi connectivity index (χ4v) is 2.36. The topological polar surface area (TPSA) is 56.2 Å². The van der Waals surface area contributed by atoms with E-state index in [1.165, 1.54) is 12.7 Å². The third-order valence-electron chi connectivity index (χ3n) is 3.33. The summed E-state index contributed by atoms with van der Waals surface area (Å²) >= 11 is 0. The number of imidazole rings is 1. The summed E-state index contributed by atoms with van der Waals surface area (Å²) in [6, 6.07) is 10.0. The molecule has 0 saturated heterocycles. The summed E-state index contributed by atoms with van der Waals surface area (Å²) in [5.41, 5.74) is 2.09. The first-order valence-corrected chi connectivity index (χ1v) is 7.47. The maximum atomic E-state index is 11.8. The Morgan fingerprint density at radius 2 is 2.05 bits per heavy atom. The van der Waals surface area contributed by atoms with Crippen molar-refractivity contribution in [3.63, 3.8) is 0 Å². The normalized spacial score (nSPS) is 12.4. The van der Waals surface area contributed by atoms with Gasteiger partial charge in [-0.05, 0) is 5.56 Å². The lowest BCUT2D eigenvalue weighted by atomic mass is 10.1. The second-order valence-corrected chi connectivity index (χ2v) is 5.62. The zero-order chi connectivity index (χ0) is 15.9. The maximum absolute atomic E-state index is 11.8. The van der Waals surface area contributed by atoms with Crippen LogP contribution in [0.1, 0.15) is 25.1 Å². The number of nitrogens with zero attached hydrogens (tertiary/aromatic N) is 2. The Labute approximate surface area is 131 Å². The van der Waals surface area contributed by atoms with Crippen LogP contribution in [-0.2, 0) is 22.5 Å². The van der Waals surface area contributed by atoms with Crippen LogP contribution < -0.4 is 5.32 Å². The molecular formula is C17H23N3O2. The number of esters is 1. The van der Waals surface area contributed by atoms with Gasteiger partial charge >= 0.3 is 5.97 Å². The molecule has 0 aliphatic carbocycles. The van der Waals surface area contributed by atoms with Crippen LogP contribution in [0.2, 0.25) is 0 Å². The van der Waals surface area contributed by atoms with Gasteiger partial charge in [-0.25, -0.2) is 4.98 Å². The number of ether oxygens (including phenoxy) is 1. The molecule has 1 aromatic heterocycles. The van der Waals surface area contributed by atoms with Crippen molar-refractivity contribution >= 4 is 5.97 Å². The first-order chi connectivity index (χ1) is 10.6. The minimum absolute atomic E-state index is 0.204. The Hall–Kier alpha value is -2.14. The van der Waals surface area contributed by atoms with Gasteiger partial charge in [0.05, 0.1) is 19.1 Å². The van der Waals surface area contributed by atoms with Crippen molar-refractivity contribution in [2.24, 2.45) is 0 Å². The van der Waals surface area contributed by atoms with E-state index >= 15 is 0 Å². The van der Waals surface area contributed by atoms with E-state index in [-0.39, 0.29) is 18.1 Å². The van der Waals surface area contributed by atoms with Crippen LogP contribution in [-0.4, -0.2) is 34.7 Å². The standard InChI is InChI=1S/C17H23N3O2/c1-13(2)19-16(17(21)22-3)9-15-11-20(12-18-15)10-14-7-5-4-6-8-14/h4-8,11-13,16,19H,9-10H2,1-3H3. The summed E-state index contributed by atoms with van der Waals surface area (Å²) in [7, 11) is 1.41. The first-order valence-electron chi connectivity index (χ1n) is 7.47. The van der Waals surface area contributed by atoms with Crippen molar-refractivity contribution in [3.8, 4) is 0 Å².